The molecular weight excluding hydrogens is 461 g/mol. The van der Waals surface area contributed by atoms with E-state index < -0.39 is 18.8 Å². The molecule has 0 atom stereocenters. The van der Waals surface area contributed by atoms with Crippen LogP contribution in [0.2, 0.25) is 0 Å². The quantitative estimate of drug-likeness (QED) is 0.375. The molecule has 4 rings (SSSR count). The Morgan fingerprint density at radius 2 is 1.80 bits per heavy atom. The second kappa shape index (κ2) is 7.91. The fourth-order valence-electron chi connectivity index (χ4n) is 3.10. The van der Waals surface area contributed by atoms with Gasteiger partial charge in [-0.2, -0.15) is 0 Å². The number of pyridine rings is 1. The van der Waals surface area contributed by atoms with Crippen LogP contribution in [0.4, 0.5) is 13.2 Å². The average molecular weight is 475 g/mol. The van der Waals surface area contributed by atoms with E-state index in [4.69, 9.17) is 0 Å². The van der Waals surface area contributed by atoms with Crippen LogP contribution in [-0.2, 0) is 6.54 Å². The number of carbonyl (C=O) groups excluding carboxylic acids is 1. The van der Waals surface area contributed by atoms with Gasteiger partial charge in [0.25, 0.3) is 5.91 Å². The molecule has 2 aromatic heterocycles. The Morgan fingerprint density at radius 1 is 1.03 bits per heavy atom. The van der Waals surface area contributed by atoms with Gasteiger partial charge in [0.1, 0.15) is 11.8 Å². The zero-order valence-electron chi connectivity index (χ0n) is 15.3. The number of halogens is 4. The second-order valence-corrected chi connectivity index (χ2v) is 7.38. The Hall–Kier alpha value is -3.20. The van der Waals surface area contributed by atoms with Crippen molar-refractivity contribution in [3.05, 3.63) is 88.8 Å². The van der Waals surface area contributed by atoms with E-state index in [9.17, 15) is 18.0 Å². The SMILES string of the molecule is O=C(c1ccc(Br)cc1-n1cnc2cccnc21)N(Cc1ccccc1)C(F)(F)F. The summed E-state index contributed by atoms with van der Waals surface area (Å²) in [4.78, 5) is 21.5. The lowest BCUT2D eigenvalue weighted by Crippen LogP contribution is -2.42. The van der Waals surface area contributed by atoms with Gasteiger partial charge in [-0.15, -0.1) is 13.2 Å². The summed E-state index contributed by atoms with van der Waals surface area (Å²) >= 11 is 3.32. The zero-order valence-corrected chi connectivity index (χ0v) is 16.9. The smallest absolute Gasteiger partial charge is 0.282 e. The van der Waals surface area contributed by atoms with Gasteiger partial charge < -0.3 is 0 Å². The first-order valence-electron chi connectivity index (χ1n) is 8.85. The van der Waals surface area contributed by atoms with E-state index in [0.29, 0.717) is 21.2 Å². The van der Waals surface area contributed by atoms with Crippen molar-refractivity contribution in [3.63, 3.8) is 0 Å². The highest BCUT2D eigenvalue weighted by atomic mass is 79.9. The molecule has 0 spiro atoms. The van der Waals surface area contributed by atoms with Gasteiger partial charge in [0.15, 0.2) is 5.65 Å². The lowest BCUT2D eigenvalue weighted by molar-refractivity contribution is -0.227. The van der Waals surface area contributed by atoms with Crippen molar-refractivity contribution < 1.29 is 18.0 Å². The minimum atomic E-state index is -4.85. The molecule has 0 aliphatic carbocycles. The molecule has 5 nitrogen and oxygen atoms in total. The van der Waals surface area contributed by atoms with E-state index in [0.717, 1.165) is 0 Å². The van der Waals surface area contributed by atoms with Crippen LogP contribution in [0.3, 0.4) is 0 Å². The van der Waals surface area contributed by atoms with E-state index in [1.54, 1.807) is 54.7 Å². The van der Waals surface area contributed by atoms with Crippen molar-refractivity contribution in [3.8, 4) is 5.69 Å². The van der Waals surface area contributed by atoms with E-state index in [1.165, 1.54) is 23.0 Å². The van der Waals surface area contributed by atoms with E-state index in [1.807, 2.05) is 0 Å². The van der Waals surface area contributed by atoms with Gasteiger partial charge in [-0.05, 0) is 35.9 Å². The van der Waals surface area contributed by atoms with Crippen molar-refractivity contribution in [1.82, 2.24) is 19.4 Å². The number of carbonyl (C=O) groups is 1. The molecule has 0 saturated carbocycles. The number of hydrogen-bond acceptors (Lipinski definition) is 3. The molecule has 9 heteroatoms. The van der Waals surface area contributed by atoms with Crippen LogP contribution in [0.15, 0.2) is 77.7 Å². The topological polar surface area (TPSA) is 51.0 Å². The van der Waals surface area contributed by atoms with Crippen molar-refractivity contribution in [2.45, 2.75) is 12.8 Å². The number of aromatic nitrogens is 3. The molecule has 0 unspecified atom stereocenters. The molecule has 2 aromatic carbocycles. The maximum atomic E-state index is 13.8. The van der Waals surface area contributed by atoms with Gasteiger partial charge in [-0.25, -0.2) is 14.9 Å². The first-order valence-corrected chi connectivity index (χ1v) is 9.64. The summed E-state index contributed by atoms with van der Waals surface area (Å²) in [5.74, 6) is -1.16. The Bertz CT molecular complexity index is 1210. The molecule has 0 fully saturated rings. The Balaban J connectivity index is 1.82. The molecule has 1 amide bonds. The molecule has 30 heavy (non-hydrogen) atoms. The summed E-state index contributed by atoms with van der Waals surface area (Å²) in [5, 5.41) is 0. The minimum absolute atomic E-state index is 0.0956. The van der Waals surface area contributed by atoms with Gasteiger partial charge in [0, 0.05) is 10.7 Å². The van der Waals surface area contributed by atoms with E-state index in [-0.39, 0.29) is 16.2 Å². The van der Waals surface area contributed by atoms with Gasteiger partial charge in [-0.1, -0.05) is 46.3 Å². The zero-order chi connectivity index (χ0) is 21.3. The maximum absolute atomic E-state index is 13.8. The summed E-state index contributed by atoms with van der Waals surface area (Å²) in [5.41, 5.74) is 1.50. The minimum Gasteiger partial charge on any atom is -0.282 e. The highest BCUT2D eigenvalue weighted by Crippen LogP contribution is 2.30. The molecule has 0 aliphatic heterocycles. The van der Waals surface area contributed by atoms with Crippen molar-refractivity contribution in [2.24, 2.45) is 0 Å². The monoisotopic (exact) mass is 474 g/mol. The normalized spacial score (nSPS) is 11.6. The number of alkyl halides is 3. The van der Waals surface area contributed by atoms with E-state index >= 15 is 0 Å². The van der Waals surface area contributed by atoms with Gasteiger partial charge in [-0.3, -0.25) is 9.36 Å². The van der Waals surface area contributed by atoms with Gasteiger partial charge in [0.05, 0.1) is 17.8 Å². The Kier molecular flexibility index (Phi) is 5.29. The predicted molar refractivity (Wildman–Crippen MR) is 109 cm³/mol. The highest BCUT2D eigenvalue weighted by Gasteiger charge is 2.42. The molecule has 4 aromatic rings. The van der Waals surface area contributed by atoms with Crippen LogP contribution in [0.1, 0.15) is 15.9 Å². The van der Waals surface area contributed by atoms with Crippen LogP contribution in [0.5, 0.6) is 0 Å². The lowest BCUT2D eigenvalue weighted by Gasteiger charge is -2.26. The third-order valence-electron chi connectivity index (χ3n) is 4.49. The maximum Gasteiger partial charge on any atom is 0.487 e. The molecule has 0 bridgehead atoms. The number of imidazole rings is 1. The average Bonchev–Trinajstić information content (AvgIpc) is 3.15. The van der Waals surface area contributed by atoms with Crippen LogP contribution < -0.4 is 0 Å². The molecule has 0 saturated heterocycles. The summed E-state index contributed by atoms with van der Waals surface area (Å²) in [7, 11) is 0. The summed E-state index contributed by atoms with van der Waals surface area (Å²) in [6.45, 7) is -0.596. The molecule has 0 aliphatic rings. The largest absolute Gasteiger partial charge is 0.487 e. The van der Waals surface area contributed by atoms with Crippen LogP contribution in [0, 0.1) is 0 Å². The predicted octanol–water partition coefficient (Wildman–Crippen LogP) is 5.35. The number of amides is 1. The summed E-state index contributed by atoms with van der Waals surface area (Å²) < 4.78 is 43.5. The number of benzene rings is 2. The fourth-order valence-corrected chi connectivity index (χ4v) is 3.45. The van der Waals surface area contributed by atoms with Gasteiger partial charge in [0.2, 0.25) is 0 Å². The van der Waals surface area contributed by atoms with Crippen molar-refractivity contribution in [1.29, 1.82) is 0 Å². The number of nitrogens with zero attached hydrogens (tertiary/aromatic N) is 4. The standard InChI is InChI=1S/C21H14BrF3N4O/c22-15-8-9-16(18(11-15)28-13-27-17-7-4-10-26-19(17)28)20(30)29(21(23,24)25)12-14-5-2-1-3-6-14/h1-11,13H,12H2. The fraction of sp³-hybridized carbons (Fsp3) is 0.0952. The van der Waals surface area contributed by atoms with Crippen LogP contribution in [-0.4, -0.2) is 31.6 Å². The molecule has 2 heterocycles. The molecule has 0 N–H and O–H groups in total. The highest BCUT2D eigenvalue weighted by molar-refractivity contribution is 9.10. The second-order valence-electron chi connectivity index (χ2n) is 6.47. The van der Waals surface area contributed by atoms with Crippen molar-refractivity contribution in [2.75, 3.05) is 0 Å². The lowest BCUT2D eigenvalue weighted by atomic mass is 10.1. The number of rotatable bonds is 4. The Morgan fingerprint density at radius 3 is 2.53 bits per heavy atom. The molecular formula is C21H14BrF3N4O. The molecule has 152 valence electrons. The summed E-state index contributed by atoms with van der Waals surface area (Å²) in [6.07, 6.45) is -1.87. The third-order valence-corrected chi connectivity index (χ3v) is 4.98. The third kappa shape index (κ3) is 3.93. The van der Waals surface area contributed by atoms with Crippen LogP contribution in [0.25, 0.3) is 16.9 Å². The van der Waals surface area contributed by atoms with Gasteiger partial charge >= 0.3 is 6.30 Å². The summed E-state index contributed by atoms with van der Waals surface area (Å²) in [6, 6.07) is 15.9. The number of hydrogen-bond donors (Lipinski definition) is 0. The molecule has 0 radical (unpaired) electrons. The first-order chi connectivity index (χ1) is 14.3. The Labute approximate surface area is 177 Å². The number of fused-ring (bicyclic) bond motifs is 1. The van der Waals surface area contributed by atoms with Crippen LogP contribution >= 0.6 is 15.9 Å². The van der Waals surface area contributed by atoms with E-state index in [2.05, 4.69) is 25.9 Å². The first kappa shape index (κ1) is 20.1. The van der Waals surface area contributed by atoms with Crippen molar-refractivity contribution >= 4 is 33.0 Å².